The quantitative estimate of drug-likeness (QED) is 0.626. The highest BCUT2D eigenvalue weighted by molar-refractivity contribution is 5.85. The van der Waals surface area contributed by atoms with E-state index in [-0.39, 0.29) is 6.54 Å². The molecule has 1 rings (SSSR count). The Hall–Kier alpha value is -2.22. The normalized spacial score (nSPS) is 10.3. The molecule has 0 spiro atoms. The van der Waals surface area contributed by atoms with Crippen LogP contribution >= 0.6 is 0 Å². The van der Waals surface area contributed by atoms with Gasteiger partial charge in [0.1, 0.15) is 17.3 Å². The zero-order valence-electron chi connectivity index (χ0n) is 11.0. The van der Waals surface area contributed by atoms with Crippen LogP contribution in [0.2, 0.25) is 0 Å². The Morgan fingerprint density at radius 3 is 1.95 bits per heavy atom. The first-order chi connectivity index (χ1) is 9.35. The van der Waals surface area contributed by atoms with E-state index in [0.29, 0.717) is 5.56 Å². The van der Waals surface area contributed by atoms with Gasteiger partial charge >= 0.3 is 0 Å². The van der Waals surface area contributed by atoms with E-state index in [9.17, 15) is 18.4 Å². The predicted octanol–water partition coefficient (Wildman–Crippen LogP) is -0.539. The standard InChI is InChI=1S/C12H16F2N4O2/c1-17-4-7-2-8(13)12(9(14)3-7)18(5-10(15)19)6-11(16)20/h2-3,17H,4-6H2,1H3,(H2,15,19)(H2,16,20). The van der Waals surface area contributed by atoms with Crippen molar-refractivity contribution in [2.24, 2.45) is 11.5 Å². The number of primary amides is 2. The molecule has 0 aliphatic rings. The Morgan fingerprint density at radius 1 is 1.15 bits per heavy atom. The fourth-order valence-corrected chi connectivity index (χ4v) is 1.82. The van der Waals surface area contributed by atoms with Crippen molar-refractivity contribution in [3.63, 3.8) is 0 Å². The van der Waals surface area contributed by atoms with Gasteiger partial charge in [-0.05, 0) is 24.7 Å². The van der Waals surface area contributed by atoms with Gasteiger partial charge in [-0.2, -0.15) is 0 Å². The molecular formula is C12H16F2N4O2. The number of hydrogen-bond donors (Lipinski definition) is 3. The van der Waals surface area contributed by atoms with Crippen molar-refractivity contribution in [3.8, 4) is 0 Å². The van der Waals surface area contributed by atoms with E-state index in [4.69, 9.17) is 11.5 Å². The van der Waals surface area contributed by atoms with Gasteiger partial charge < -0.3 is 21.7 Å². The van der Waals surface area contributed by atoms with Crippen LogP contribution in [0.5, 0.6) is 0 Å². The van der Waals surface area contributed by atoms with Crippen LogP contribution in [0, 0.1) is 11.6 Å². The van der Waals surface area contributed by atoms with Gasteiger partial charge in [0.15, 0.2) is 0 Å². The van der Waals surface area contributed by atoms with E-state index in [1.54, 1.807) is 7.05 Å². The molecule has 0 atom stereocenters. The molecule has 0 radical (unpaired) electrons. The Bertz CT molecular complexity index is 483. The third kappa shape index (κ3) is 4.16. The van der Waals surface area contributed by atoms with Crippen LogP contribution in [0.25, 0.3) is 0 Å². The molecule has 110 valence electrons. The molecule has 0 unspecified atom stereocenters. The molecule has 1 aromatic rings. The lowest BCUT2D eigenvalue weighted by Crippen LogP contribution is -2.40. The summed E-state index contributed by atoms with van der Waals surface area (Å²) in [5.41, 5.74) is 9.89. The molecule has 20 heavy (non-hydrogen) atoms. The zero-order chi connectivity index (χ0) is 15.3. The summed E-state index contributed by atoms with van der Waals surface area (Å²) in [5, 5.41) is 2.76. The summed E-state index contributed by atoms with van der Waals surface area (Å²) in [6.45, 7) is -0.746. The second-order valence-corrected chi connectivity index (χ2v) is 4.23. The molecule has 5 N–H and O–H groups in total. The van der Waals surface area contributed by atoms with Crippen LogP contribution in [-0.2, 0) is 16.1 Å². The van der Waals surface area contributed by atoms with E-state index in [1.807, 2.05) is 0 Å². The van der Waals surface area contributed by atoms with Crippen molar-refractivity contribution >= 4 is 17.5 Å². The van der Waals surface area contributed by atoms with Gasteiger partial charge in [0, 0.05) is 6.54 Å². The summed E-state index contributed by atoms with van der Waals surface area (Å²) in [6.07, 6.45) is 0. The summed E-state index contributed by atoms with van der Waals surface area (Å²) < 4.78 is 27.9. The first kappa shape index (κ1) is 15.8. The smallest absolute Gasteiger partial charge is 0.236 e. The molecule has 0 aliphatic heterocycles. The van der Waals surface area contributed by atoms with Crippen molar-refractivity contribution < 1.29 is 18.4 Å². The van der Waals surface area contributed by atoms with Crippen molar-refractivity contribution in [1.82, 2.24) is 5.32 Å². The Kier molecular flexibility index (Phi) is 5.39. The topological polar surface area (TPSA) is 101 Å². The molecule has 8 heteroatoms. The van der Waals surface area contributed by atoms with Gasteiger partial charge in [0.25, 0.3) is 0 Å². The summed E-state index contributed by atoms with van der Waals surface area (Å²) in [7, 11) is 1.64. The average Bonchev–Trinajstić information content (AvgIpc) is 2.26. The van der Waals surface area contributed by atoms with E-state index < -0.39 is 42.2 Å². The van der Waals surface area contributed by atoms with E-state index in [1.165, 1.54) is 0 Å². The largest absolute Gasteiger partial charge is 0.368 e. The SMILES string of the molecule is CNCc1cc(F)c(N(CC(N)=O)CC(N)=O)c(F)c1. The second kappa shape index (κ2) is 6.80. The number of rotatable bonds is 7. The van der Waals surface area contributed by atoms with Gasteiger partial charge in [-0.25, -0.2) is 8.78 Å². The molecule has 0 aliphatic carbocycles. The Labute approximate surface area is 114 Å². The van der Waals surface area contributed by atoms with Crippen LogP contribution in [0.4, 0.5) is 14.5 Å². The minimum absolute atomic E-state index is 0.278. The van der Waals surface area contributed by atoms with Crippen molar-refractivity contribution in [2.45, 2.75) is 6.54 Å². The monoisotopic (exact) mass is 286 g/mol. The van der Waals surface area contributed by atoms with E-state index >= 15 is 0 Å². The fraction of sp³-hybridized carbons (Fsp3) is 0.333. The molecule has 0 bridgehead atoms. The maximum absolute atomic E-state index is 14.0. The highest BCUT2D eigenvalue weighted by Gasteiger charge is 2.21. The van der Waals surface area contributed by atoms with E-state index in [0.717, 1.165) is 17.0 Å². The third-order valence-corrected chi connectivity index (χ3v) is 2.47. The van der Waals surface area contributed by atoms with Gasteiger partial charge in [-0.3, -0.25) is 9.59 Å². The maximum atomic E-state index is 14.0. The van der Waals surface area contributed by atoms with Crippen LogP contribution in [0.3, 0.4) is 0 Å². The average molecular weight is 286 g/mol. The summed E-state index contributed by atoms with van der Waals surface area (Å²) in [5.74, 6) is -3.44. The molecule has 0 saturated heterocycles. The Balaban J connectivity index is 3.18. The van der Waals surface area contributed by atoms with Crippen molar-refractivity contribution in [3.05, 3.63) is 29.3 Å². The second-order valence-electron chi connectivity index (χ2n) is 4.23. The Morgan fingerprint density at radius 2 is 1.60 bits per heavy atom. The lowest BCUT2D eigenvalue weighted by molar-refractivity contribution is -0.117. The number of halogens is 2. The lowest BCUT2D eigenvalue weighted by atomic mass is 10.1. The number of anilines is 1. The molecule has 2 amide bonds. The van der Waals surface area contributed by atoms with Crippen molar-refractivity contribution in [2.75, 3.05) is 25.0 Å². The lowest BCUT2D eigenvalue weighted by Gasteiger charge is -2.23. The van der Waals surface area contributed by atoms with Gasteiger partial charge in [0.05, 0.1) is 13.1 Å². The van der Waals surface area contributed by atoms with Crippen LogP contribution in [0.15, 0.2) is 12.1 Å². The molecule has 0 aromatic heterocycles. The van der Waals surface area contributed by atoms with Crippen molar-refractivity contribution in [1.29, 1.82) is 0 Å². The number of carbonyl (C=O) groups is 2. The van der Waals surface area contributed by atoms with Crippen LogP contribution in [0.1, 0.15) is 5.56 Å². The van der Waals surface area contributed by atoms with Gasteiger partial charge in [-0.1, -0.05) is 0 Å². The minimum atomic E-state index is -0.891. The number of nitrogens with two attached hydrogens (primary N) is 2. The zero-order valence-corrected chi connectivity index (χ0v) is 11.0. The number of carbonyl (C=O) groups excluding carboxylic acids is 2. The van der Waals surface area contributed by atoms with Gasteiger partial charge in [0.2, 0.25) is 11.8 Å². The number of hydrogen-bond acceptors (Lipinski definition) is 4. The summed E-state index contributed by atoms with van der Waals surface area (Å²) in [4.78, 5) is 22.7. The molecule has 0 heterocycles. The summed E-state index contributed by atoms with van der Waals surface area (Å²) >= 11 is 0. The molecule has 6 nitrogen and oxygen atoms in total. The van der Waals surface area contributed by atoms with Crippen LogP contribution in [-0.4, -0.2) is 32.0 Å². The molecule has 0 saturated carbocycles. The first-order valence-corrected chi connectivity index (χ1v) is 5.79. The first-order valence-electron chi connectivity index (χ1n) is 5.79. The molecule has 0 fully saturated rings. The van der Waals surface area contributed by atoms with Crippen LogP contribution < -0.4 is 21.7 Å². The number of benzene rings is 1. The third-order valence-electron chi connectivity index (χ3n) is 2.47. The summed E-state index contributed by atoms with van der Waals surface area (Å²) in [6, 6.07) is 2.23. The molecule has 1 aromatic carbocycles. The number of nitrogens with zero attached hydrogens (tertiary/aromatic N) is 1. The highest BCUT2D eigenvalue weighted by Crippen LogP contribution is 2.24. The number of amides is 2. The predicted molar refractivity (Wildman–Crippen MR) is 69.7 cm³/mol. The van der Waals surface area contributed by atoms with E-state index in [2.05, 4.69) is 5.32 Å². The maximum Gasteiger partial charge on any atom is 0.236 e. The van der Waals surface area contributed by atoms with Gasteiger partial charge in [-0.15, -0.1) is 0 Å². The minimum Gasteiger partial charge on any atom is -0.368 e. The highest BCUT2D eigenvalue weighted by atomic mass is 19.1. The fourth-order valence-electron chi connectivity index (χ4n) is 1.82. The molecular weight excluding hydrogens is 270 g/mol. The number of nitrogens with one attached hydrogen (secondary N) is 1.